The van der Waals surface area contributed by atoms with Gasteiger partial charge in [-0.1, -0.05) is 23.6 Å². The van der Waals surface area contributed by atoms with E-state index in [0.29, 0.717) is 17.8 Å². The molecule has 0 heterocycles. The monoisotopic (exact) mass is 327 g/mol. The molecule has 0 aromatic carbocycles. The molecule has 0 spiro atoms. The first-order chi connectivity index (χ1) is 11.6. The summed E-state index contributed by atoms with van der Waals surface area (Å²) in [6.45, 7) is 2.22. The third kappa shape index (κ3) is 1.99. The third-order valence-electron chi connectivity index (χ3n) is 8.16. The Balaban J connectivity index is 1.65. The second-order valence-electron chi connectivity index (χ2n) is 8.52. The van der Waals surface area contributed by atoms with E-state index in [9.17, 15) is 5.11 Å². The minimum atomic E-state index is -0.892. The predicted octanol–water partition coefficient (Wildman–Crippen LogP) is 4.14. The van der Waals surface area contributed by atoms with E-state index in [0.717, 1.165) is 56.6 Å². The number of hydrogen-bond acceptors (Lipinski definition) is 3. The molecule has 0 aromatic heterocycles. The smallest absolute Gasteiger partial charge is 0.131 e. The van der Waals surface area contributed by atoms with E-state index >= 15 is 0 Å². The van der Waals surface area contributed by atoms with Crippen molar-refractivity contribution in [3.05, 3.63) is 11.6 Å². The van der Waals surface area contributed by atoms with Crippen LogP contribution in [0.2, 0.25) is 0 Å². The number of fused-ring (bicyclic) bond motifs is 5. The first kappa shape index (κ1) is 16.2. The van der Waals surface area contributed by atoms with Gasteiger partial charge in [-0.3, -0.25) is 0 Å². The van der Waals surface area contributed by atoms with Crippen molar-refractivity contribution >= 4 is 5.71 Å². The van der Waals surface area contributed by atoms with Crippen molar-refractivity contribution in [3.63, 3.8) is 0 Å². The number of terminal acetylenes is 1. The predicted molar refractivity (Wildman–Crippen MR) is 94.7 cm³/mol. The highest BCUT2D eigenvalue weighted by molar-refractivity contribution is 5.96. The molecule has 3 saturated carbocycles. The SMILES string of the molecule is C#C[C@]1(O)CC[C@H]2[C@@H]3CCC4=CC(=NO)CC[C@H]4[C@H]3CC[C@@]21CC. The van der Waals surface area contributed by atoms with Gasteiger partial charge in [0.1, 0.15) is 5.60 Å². The van der Waals surface area contributed by atoms with Crippen LogP contribution in [0.4, 0.5) is 0 Å². The summed E-state index contributed by atoms with van der Waals surface area (Å²) < 4.78 is 0. The largest absolute Gasteiger partial charge is 0.411 e. The van der Waals surface area contributed by atoms with Crippen LogP contribution in [0.1, 0.15) is 64.7 Å². The number of rotatable bonds is 1. The van der Waals surface area contributed by atoms with Gasteiger partial charge >= 0.3 is 0 Å². The molecular formula is C21H29NO2. The Morgan fingerprint density at radius 2 is 2.04 bits per heavy atom. The molecule has 0 saturated heterocycles. The van der Waals surface area contributed by atoms with E-state index in [1.807, 2.05) is 0 Å². The fraction of sp³-hybridized carbons (Fsp3) is 0.762. The Kier molecular flexibility index (Phi) is 3.80. The molecule has 0 aromatic rings. The highest BCUT2D eigenvalue weighted by atomic mass is 16.4. The van der Waals surface area contributed by atoms with Gasteiger partial charge in [0.25, 0.3) is 0 Å². The van der Waals surface area contributed by atoms with Gasteiger partial charge in [-0.2, -0.15) is 0 Å². The minimum absolute atomic E-state index is 0.0590. The maximum Gasteiger partial charge on any atom is 0.131 e. The maximum atomic E-state index is 11.1. The summed E-state index contributed by atoms with van der Waals surface area (Å²) in [6, 6.07) is 0. The molecule has 2 N–H and O–H groups in total. The van der Waals surface area contributed by atoms with Gasteiger partial charge in [0.15, 0.2) is 0 Å². The molecule has 4 rings (SSSR count). The highest BCUT2D eigenvalue weighted by Crippen LogP contribution is 2.66. The molecule has 6 atom stereocenters. The van der Waals surface area contributed by atoms with E-state index < -0.39 is 5.60 Å². The van der Waals surface area contributed by atoms with Crippen molar-refractivity contribution in [3.8, 4) is 12.3 Å². The molecule has 0 radical (unpaired) electrons. The van der Waals surface area contributed by atoms with Crippen LogP contribution in [0.5, 0.6) is 0 Å². The lowest BCUT2D eigenvalue weighted by molar-refractivity contribution is -0.0989. The van der Waals surface area contributed by atoms with E-state index in [1.165, 1.54) is 18.4 Å². The quantitative estimate of drug-likeness (QED) is 0.432. The average molecular weight is 327 g/mol. The van der Waals surface area contributed by atoms with Crippen LogP contribution in [0.15, 0.2) is 16.8 Å². The van der Waals surface area contributed by atoms with Crippen molar-refractivity contribution in [1.82, 2.24) is 0 Å². The van der Waals surface area contributed by atoms with Crippen molar-refractivity contribution in [2.75, 3.05) is 0 Å². The fourth-order valence-electron chi connectivity index (χ4n) is 7.05. The van der Waals surface area contributed by atoms with Gasteiger partial charge in [-0.25, -0.2) is 0 Å². The summed E-state index contributed by atoms with van der Waals surface area (Å²) in [5, 5.41) is 23.7. The van der Waals surface area contributed by atoms with Crippen LogP contribution in [-0.2, 0) is 0 Å². The van der Waals surface area contributed by atoms with Crippen molar-refractivity contribution in [1.29, 1.82) is 0 Å². The van der Waals surface area contributed by atoms with Gasteiger partial charge in [-0.15, -0.1) is 6.42 Å². The van der Waals surface area contributed by atoms with Crippen LogP contribution < -0.4 is 0 Å². The Morgan fingerprint density at radius 1 is 1.21 bits per heavy atom. The molecule has 3 nitrogen and oxygen atoms in total. The van der Waals surface area contributed by atoms with E-state index in [2.05, 4.69) is 24.1 Å². The summed E-state index contributed by atoms with van der Waals surface area (Å²) in [6.07, 6.45) is 17.4. The summed E-state index contributed by atoms with van der Waals surface area (Å²) in [4.78, 5) is 0. The topological polar surface area (TPSA) is 52.8 Å². The number of oxime groups is 1. The van der Waals surface area contributed by atoms with Gasteiger partial charge < -0.3 is 10.3 Å². The Hall–Kier alpha value is -1.27. The number of nitrogens with zero attached hydrogens (tertiary/aromatic N) is 1. The standard InChI is InChI=1S/C21H29NO2/c1-3-20-11-9-17-16-8-6-15(22-24)13-14(16)5-7-18(17)19(20)10-12-21(20,23)4-2/h2,13,16-19,23-24H,3,5-12H2,1H3/t16-,17-,18-,19+,20+,21+/m1/s1. The molecular weight excluding hydrogens is 298 g/mol. The normalized spacial score (nSPS) is 48.9. The van der Waals surface area contributed by atoms with E-state index in [-0.39, 0.29) is 5.41 Å². The highest BCUT2D eigenvalue weighted by Gasteiger charge is 2.63. The molecule has 24 heavy (non-hydrogen) atoms. The Labute approximate surface area is 145 Å². The zero-order valence-corrected chi connectivity index (χ0v) is 14.7. The number of aliphatic hydroxyl groups is 1. The minimum Gasteiger partial charge on any atom is -0.411 e. The zero-order chi connectivity index (χ0) is 16.9. The van der Waals surface area contributed by atoms with Crippen LogP contribution in [0.3, 0.4) is 0 Å². The molecule has 0 unspecified atom stereocenters. The van der Waals surface area contributed by atoms with Crippen LogP contribution in [0, 0.1) is 41.4 Å². The van der Waals surface area contributed by atoms with E-state index in [1.54, 1.807) is 0 Å². The fourth-order valence-corrected chi connectivity index (χ4v) is 7.05. The molecule has 3 heteroatoms. The molecule has 0 bridgehead atoms. The van der Waals surface area contributed by atoms with Gasteiger partial charge in [0.05, 0.1) is 5.71 Å². The Morgan fingerprint density at radius 3 is 2.75 bits per heavy atom. The van der Waals surface area contributed by atoms with Gasteiger partial charge in [0.2, 0.25) is 0 Å². The lowest BCUT2D eigenvalue weighted by Gasteiger charge is -2.56. The molecule has 0 aliphatic heterocycles. The Bertz CT molecular complexity index is 630. The lowest BCUT2D eigenvalue weighted by Crippen LogP contribution is -2.53. The maximum absolute atomic E-state index is 11.1. The summed E-state index contributed by atoms with van der Waals surface area (Å²) >= 11 is 0. The molecule has 4 aliphatic rings. The summed E-state index contributed by atoms with van der Waals surface area (Å²) in [5.41, 5.74) is 1.40. The molecule has 0 amide bonds. The summed E-state index contributed by atoms with van der Waals surface area (Å²) in [7, 11) is 0. The molecule has 130 valence electrons. The first-order valence-corrected chi connectivity index (χ1v) is 9.70. The van der Waals surface area contributed by atoms with Crippen molar-refractivity contribution < 1.29 is 10.3 Å². The van der Waals surface area contributed by atoms with Gasteiger partial charge in [0, 0.05) is 5.41 Å². The third-order valence-corrected chi connectivity index (χ3v) is 8.16. The number of allylic oxidation sites excluding steroid dienone is 2. The average Bonchev–Trinajstić information content (AvgIpc) is 2.94. The number of hydrogen-bond donors (Lipinski definition) is 2. The van der Waals surface area contributed by atoms with Crippen LogP contribution in [-0.4, -0.2) is 21.6 Å². The van der Waals surface area contributed by atoms with Crippen LogP contribution in [0.25, 0.3) is 0 Å². The molecule has 4 aliphatic carbocycles. The summed E-state index contributed by atoms with van der Waals surface area (Å²) in [5.74, 6) is 5.47. The zero-order valence-electron chi connectivity index (χ0n) is 14.7. The van der Waals surface area contributed by atoms with Gasteiger partial charge in [-0.05, 0) is 87.5 Å². The second-order valence-corrected chi connectivity index (χ2v) is 8.52. The lowest BCUT2D eigenvalue weighted by atomic mass is 9.49. The second kappa shape index (κ2) is 5.63. The van der Waals surface area contributed by atoms with E-state index in [4.69, 9.17) is 11.6 Å². The van der Waals surface area contributed by atoms with Crippen molar-refractivity contribution in [2.45, 2.75) is 70.3 Å². The van der Waals surface area contributed by atoms with Crippen LogP contribution >= 0.6 is 0 Å². The van der Waals surface area contributed by atoms with Crippen molar-refractivity contribution in [2.24, 2.45) is 34.2 Å². The first-order valence-electron chi connectivity index (χ1n) is 9.70. The molecule has 3 fully saturated rings.